The predicted molar refractivity (Wildman–Crippen MR) is 45.2 cm³/mol. The Hall–Kier alpha value is -0.610. The predicted octanol–water partition coefficient (Wildman–Crippen LogP) is -0.989. The highest BCUT2D eigenvalue weighted by Gasteiger charge is 2.10. The summed E-state index contributed by atoms with van der Waals surface area (Å²) in [5.41, 5.74) is 5.54. The van der Waals surface area contributed by atoms with Crippen LogP contribution < -0.4 is 11.1 Å². The Labute approximate surface area is 67.7 Å². The molecule has 1 unspecified atom stereocenters. The van der Waals surface area contributed by atoms with Crippen LogP contribution in [0.15, 0.2) is 0 Å². The summed E-state index contributed by atoms with van der Waals surface area (Å²) in [7, 11) is 5.50. The van der Waals surface area contributed by atoms with Crippen molar-refractivity contribution in [2.45, 2.75) is 12.5 Å². The van der Waals surface area contributed by atoms with Gasteiger partial charge in [-0.25, -0.2) is 0 Å². The summed E-state index contributed by atoms with van der Waals surface area (Å²) in [5, 5.41) is 2.51. The number of amides is 1. The molecule has 0 aliphatic carbocycles. The minimum Gasteiger partial charge on any atom is -0.358 e. The van der Waals surface area contributed by atoms with Crippen molar-refractivity contribution in [3.63, 3.8) is 0 Å². The monoisotopic (exact) mass is 159 g/mol. The second-order valence-corrected chi connectivity index (χ2v) is 2.81. The molecule has 0 bridgehead atoms. The van der Waals surface area contributed by atoms with E-state index in [1.165, 1.54) is 0 Å². The third-order valence-corrected chi connectivity index (χ3v) is 1.47. The summed E-state index contributed by atoms with van der Waals surface area (Å²) in [6, 6.07) is -0.373. The molecule has 0 aromatic heterocycles. The molecule has 0 radical (unpaired) electrons. The highest BCUT2D eigenvalue weighted by atomic mass is 16.2. The zero-order valence-corrected chi connectivity index (χ0v) is 7.42. The first kappa shape index (κ1) is 10.4. The third kappa shape index (κ3) is 4.75. The maximum absolute atomic E-state index is 10.9. The van der Waals surface area contributed by atoms with E-state index in [0.717, 1.165) is 6.54 Å². The summed E-state index contributed by atoms with van der Waals surface area (Å²) in [6.45, 7) is 0.842. The van der Waals surface area contributed by atoms with Gasteiger partial charge in [-0.1, -0.05) is 0 Å². The second kappa shape index (κ2) is 5.09. The number of rotatable bonds is 4. The lowest BCUT2D eigenvalue weighted by Crippen LogP contribution is -2.40. The first-order chi connectivity index (χ1) is 5.07. The van der Waals surface area contributed by atoms with E-state index in [0.29, 0.717) is 6.42 Å². The Morgan fingerprint density at radius 2 is 2.18 bits per heavy atom. The van der Waals surface area contributed by atoms with Crippen LogP contribution in [0.2, 0.25) is 0 Å². The van der Waals surface area contributed by atoms with Gasteiger partial charge in [0.25, 0.3) is 0 Å². The Balaban J connectivity index is 3.52. The van der Waals surface area contributed by atoms with Crippen molar-refractivity contribution in [2.75, 3.05) is 27.7 Å². The van der Waals surface area contributed by atoms with Crippen LogP contribution in [0.25, 0.3) is 0 Å². The molecule has 0 aliphatic heterocycles. The van der Waals surface area contributed by atoms with Gasteiger partial charge >= 0.3 is 0 Å². The fraction of sp³-hybridized carbons (Fsp3) is 0.857. The molecule has 0 saturated heterocycles. The van der Waals surface area contributed by atoms with Gasteiger partial charge in [-0.05, 0) is 27.1 Å². The lowest BCUT2D eigenvalue weighted by Gasteiger charge is -2.13. The number of carbonyl (C=O) groups excluding carboxylic acids is 1. The number of hydrogen-bond donors (Lipinski definition) is 2. The minimum atomic E-state index is -0.373. The summed E-state index contributed by atoms with van der Waals surface area (Å²) in [5.74, 6) is -0.0909. The molecule has 0 rings (SSSR count). The normalized spacial score (nSPS) is 13.2. The van der Waals surface area contributed by atoms with Crippen molar-refractivity contribution in [2.24, 2.45) is 5.73 Å². The Kier molecular flexibility index (Phi) is 4.81. The van der Waals surface area contributed by atoms with Crippen molar-refractivity contribution in [3.05, 3.63) is 0 Å². The Bertz CT molecular complexity index is 125. The summed E-state index contributed by atoms with van der Waals surface area (Å²) < 4.78 is 0. The molecular weight excluding hydrogens is 142 g/mol. The number of nitrogens with zero attached hydrogens (tertiary/aromatic N) is 1. The molecule has 0 aromatic carbocycles. The van der Waals surface area contributed by atoms with Crippen LogP contribution in [0.4, 0.5) is 0 Å². The van der Waals surface area contributed by atoms with Crippen LogP contribution in [0.1, 0.15) is 6.42 Å². The van der Waals surface area contributed by atoms with Gasteiger partial charge in [-0.2, -0.15) is 0 Å². The van der Waals surface area contributed by atoms with Gasteiger partial charge in [0.05, 0.1) is 6.04 Å². The molecule has 11 heavy (non-hydrogen) atoms. The van der Waals surface area contributed by atoms with E-state index < -0.39 is 0 Å². The molecule has 0 saturated carbocycles. The van der Waals surface area contributed by atoms with Gasteiger partial charge < -0.3 is 16.0 Å². The molecule has 0 aromatic rings. The molecule has 1 amide bonds. The second-order valence-electron chi connectivity index (χ2n) is 2.81. The molecule has 4 nitrogen and oxygen atoms in total. The van der Waals surface area contributed by atoms with Gasteiger partial charge in [0.1, 0.15) is 0 Å². The fourth-order valence-corrected chi connectivity index (χ4v) is 0.714. The van der Waals surface area contributed by atoms with Gasteiger partial charge in [0.15, 0.2) is 0 Å². The summed E-state index contributed by atoms with van der Waals surface area (Å²) in [4.78, 5) is 12.9. The van der Waals surface area contributed by atoms with Crippen LogP contribution in [0.5, 0.6) is 0 Å². The summed E-state index contributed by atoms with van der Waals surface area (Å²) in [6.07, 6.45) is 0.701. The smallest absolute Gasteiger partial charge is 0.236 e. The van der Waals surface area contributed by atoms with Gasteiger partial charge in [0.2, 0.25) is 5.91 Å². The molecule has 0 fully saturated rings. The average molecular weight is 159 g/mol. The van der Waals surface area contributed by atoms with Gasteiger partial charge in [-0.3, -0.25) is 4.79 Å². The van der Waals surface area contributed by atoms with E-state index in [9.17, 15) is 4.79 Å². The Morgan fingerprint density at radius 1 is 1.64 bits per heavy atom. The number of carbonyl (C=O) groups is 1. The maximum Gasteiger partial charge on any atom is 0.236 e. The van der Waals surface area contributed by atoms with Crippen molar-refractivity contribution >= 4 is 5.91 Å². The zero-order valence-electron chi connectivity index (χ0n) is 7.42. The third-order valence-electron chi connectivity index (χ3n) is 1.47. The van der Waals surface area contributed by atoms with Crippen molar-refractivity contribution in [1.82, 2.24) is 10.2 Å². The number of nitrogens with two attached hydrogens (primary N) is 1. The van der Waals surface area contributed by atoms with Gasteiger partial charge in [-0.15, -0.1) is 0 Å². The molecule has 0 aliphatic rings. The van der Waals surface area contributed by atoms with E-state index >= 15 is 0 Å². The molecule has 4 heteroatoms. The maximum atomic E-state index is 10.9. The van der Waals surface area contributed by atoms with Crippen LogP contribution in [-0.4, -0.2) is 44.5 Å². The van der Waals surface area contributed by atoms with Crippen molar-refractivity contribution in [1.29, 1.82) is 0 Å². The van der Waals surface area contributed by atoms with Crippen LogP contribution in [0, 0.1) is 0 Å². The first-order valence-electron chi connectivity index (χ1n) is 3.70. The van der Waals surface area contributed by atoms with Crippen LogP contribution >= 0.6 is 0 Å². The number of hydrogen-bond acceptors (Lipinski definition) is 3. The fourth-order valence-electron chi connectivity index (χ4n) is 0.714. The van der Waals surface area contributed by atoms with Crippen molar-refractivity contribution in [3.8, 4) is 0 Å². The van der Waals surface area contributed by atoms with E-state index in [-0.39, 0.29) is 11.9 Å². The average Bonchev–Trinajstić information content (AvgIpc) is 1.98. The zero-order chi connectivity index (χ0) is 8.85. The molecule has 0 spiro atoms. The van der Waals surface area contributed by atoms with E-state index in [1.54, 1.807) is 7.05 Å². The lowest BCUT2D eigenvalue weighted by atomic mass is 10.2. The highest BCUT2D eigenvalue weighted by Crippen LogP contribution is 1.89. The van der Waals surface area contributed by atoms with Crippen LogP contribution in [0.3, 0.4) is 0 Å². The minimum absolute atomic E-state index is 0.0909. The van der Waals surface area contributed by atoms with E-state index in [1.807, 2.05) is 19.0 Å². The SMILES string of the molecule is CNC(=O)C(N)CCN(C)C. The highest BCUT2D eigenvalue weighted by molar-refractivity contribution is 5.81. The number of nitrogens with one attached hydrogen (secondary N) is 1. The largest absolute Gasteiger partial charge is 0.358 e. The quantitative estimate of drug-likeness (QED) is 0.554. The molecule has 1 atom stereocenters. The van der Waals surface area contributed by atoms with E-state index in [4.69, 9.17) is 5.73 Å². The van der Waals surface area contributed by atoms with E-state index in [2.05, 4.69) is 5.32 Å². The standard InChI is InChI=1S/C7H17N3O/c1-9-7(11)6(8)4-5-10(2)3/h6H,4-5,8H2,1-3H3,(H,9,11). The van der Waals surface area contributed by atoms with Crippen molar-refractivity contribution < 1.29 is 4.79 Å². The topological polar surface area (TPSA) is 58.4 Å². The van der Waals surface area contributed by atoms with Crippen LogP contribution in [-0.2, 0) is 4.79 Å². The molecule has 0 heterocycles. The molecule has 3 N–H and O–H groups in total. The summed E-state index contributed by atoms with van der Waals surface area (Å²) >= 11 is 0. The molecular formula is C7H17N3O. The first-order valence-corrected chi connectivity index (χ1v) is 3.70. The Morgan fingerprint density at radius 3 is 2.55 bits per heavy atom. The van der Waals surface area contributed by atoms with Gasteiger partial charge in [0, 0.05) is 7.05 Å². The molecule has 66 valence electrons. The number of likely N-dealkylation sites (N-methyl/N-ethyl adjacent to an activating group) is 1. The lowest BCUT2D eigenvalue weighted by molar-refractivity contribution is -0.122.